The molecule has 1 heterocycles. The predicted molar refractivity (Wildman–Crippen MR) is 131 cm³/mol. The number of aromatic nitrogens is 3. The Labute approximate surface area is 196 Å². The molecule has 1 fully saturated rings. The van der Waals surface area contributed by atoms with Crippen LogP contribution in [0.1, 0.15) is 48.5 Å². The lowest BCUT2D eigenvalue weighted by Crippen LogP contribution is -2.44. The van der Waals surface area contributed by atoms with Crippen LogP contribution in [0.3, 0.4) is 0 Å². The first-order chi connectivity index (χ1) is 16.1. The molecule has 0 spiro atoms. The monoisotopic (exact) mass is 446 g/mol. The van der Waals surface area contributed by atoms with Crippen molar-refractivity contribution in [3.8, 4) is 5.75 Å². The highest BCUT2D eigenvalue weighted by atomic mass is 16.5. The van der Waals surface area contributed by atoms with Crippen molar-refractivity contribution in [1.29, 1.82) is 0 Å². The van der Waals surface area contributed by atoms with Crippen LogP contribution in [0.4, 0.5) is 0 Å². The largest absolute Gasteiger partial charge is 0.497 e. The number of hydrogen-bond donors (Lipinski definition) is 2. The van der Waals surface area contributed by atoms with E-state index < -0.39 is 0 Å². The normalized spacial score (nSPS) is 15.4. The van der Waals surface area contributed by atoms with Crippen molar-refractivity contribution in [2.75, 3.05) is 13.7 Å². The lowest BCUT2D eigenvalue weighted by atomic mass is 9.79. The summed E-state index contributed by atoms with van der Waals surface area (Å²) in [4.78, 5) is 4.88. The molecule has 4 rings (SSSR count). The van der Waals surface area contributed by atoms with E-state index in [-0.39, 0.29) is 5.41 Å². The van der Waals surface area contributed by atoms with E-state index in [0.29, 0.717) is 13.1 Å². The van der Waals surface area contributed by atoms with Gasteiger partial charge in [-0.3, -0.25) is 0 Å². The molecule has 0 atom stereocenters. The van der Waals surface area contributed by atoms with Crippen LogP contribution in [0.25, 0.3) is 0 Å². The summed E-state index contributed by atoms with van der Waals surface area (Å²) in [6.07, 6.45) is 4.91. The average Bonchev–Trinajstić information content (AvgIpc) is 3.47. The molecule has 7 nitrogen and oxygen atoms in total. The predicted octanol–water partition coefficient (Wildman–Crippen LogP) is 3.88. The first-order valence-electron chi connectivity index (χ1n) is 11.7. The second kappa shape index (κ2) is 10.5. The fraction of sp³-hybridized carbons (Fsp3) is 0.423. The van der Waals surface area contributed by atoms with Crippen molar-refractivity contribution in [1.82, 2.24) is 25.4 Å². The molecule has 2 N–H and O–H groups in total. The minimum atomic E-state index is 0.144. The summed E-state index contributed by atoms with van der Waals surface area (Å²) >= 11 is 0. The molecule has 7 heteroatoms. The molecule has 1 aromatic heterocycles. The van der Waals surface area contributed by atoms with Gasteiger partial charge in [0.05, 0.1) is 20.2 Å². The summed E-state index contributed by atoms with van der Waals surface area (Å²) in [6, 6.07) is 18.9. The lowest BCUT2D eigenvalue weighted by Gasteiger charge is -2.31. The summed E-state index contributed by atoms with van der Waals surface area (Å²) in [5.74, 6) is 3.41. The van der Waals surface area contributed by atoms with Crippen LogP contribution in [0.2, 0.25) is 0 Å². The highest BCUT2D eigenvalue weighted by Crippen LogP contribution is 2.40. The van der Waals surface area contributed by atoms with Gasteiger partial charge in [0.2, 0.25) is 0 Å². The Bertz CT molecular complexity index is 1050. The minimum absolute atomic E-state index is 0.144. The van der Waals surface area contributed by atoms with Gasteiger partial charge < -0.3 is 19.9 Å². The summed E-state index contributed by atoms with van der Waals surface area (Å²) in [5.41, 5.74) is 2.68. The molecule has 0 unspecified atom stereocenters. The highest BCUT2D eigenvalue weighted by Gasteiger charge is 2.35. The zero-order valence-corrected chi connectivity index (χ0v) is 19.8. The zero-order valence-electron chi connectivity index (χ0n) is 19.8. The van der Waals surface area contributed by atoms with Gasteiger partial charge in [-0.15, -0.1) is 10.2 Å². The summed E-state index contributed by atoms with van der Waals surface area (Å²) in [6.45, 7) is 3.94. The fourth-order valence-corrected chi connectivity index (χ4v) is 4.51. The van der Waals surface area contributed by atoms with E-state index in [1.54, 1.807) is 7.11 Å². The Morgan fingerprint density at radius 1 is 1.03 bits per heavy atom. The molecule has 1 aliphatic carbocycles. The third-order valence-electron chi connectivity index (χ3n) is 6.72. The Balaban J connectivity index is 1.50. The second-order valence-corrected chi connectivity index (χ2v) is 8.80. The third kappa shape index (κ3) is 5.53. The van der Waals surface area contributed by atoms with E-state index in [1.165, 1.54) is 31.2 Å². The molecule has 0 saturated heterocycles. The van der Waals surface area contributed by atoms with Crippen LogP contribution >= 0.6 is 0 Å². The first-order valence-corrected chi connectivity index (χ1v) is 11.7. The molecule has 33 heavy (non-hydrogen) atoms. The number of rotatable bonds is 8. The molecule has 0 radical (unpaired) electrons. The number of guanidine groups is 1. The van der Waals surface area contributed by atoms with Crippen molar-refractivity contribution < 1.29 is 4.74 Å². The van der Waals surface area contributed by atoms with Crippen molar-refractivity contribution >= 4 is 5.96 Å². The molecule has 1 aliphatic rings. The quantitative estimate of drug-likeness (QED) is 0.406. The van der Waals surface area contributed by atoms with Crippen LogP contribution < -0.4 is 15.4 Å². The molecular weight excluding hydrogens is 412 g/mol. The van der Waals surface area contributed by atoms with Gasteiger partial charge in [0, 0.05) is 19.0 Å². The van der Waals surface area contributed by atoms with Crippen molar-refractivity contribution in [3.05, 3.63) is 77.4 Å². The van der Waals surface area contributed by atoms with Gasteiger partial charge in [0.25, 0.3) is 0 Å². The van der Waals surface area contributed by atoms with Gasteiger partial charge in [0.1, 0.15) is 11.6 Å². The number of methoxy groups -OCH3 is 1. The zero-order chi connectivity index (χ0) is 23.1. The third-order valence-corrected chi connectivity index (χ3v) is 6.72. The SMILES string of the molecule is COc1ccc(CN=C(NCc2nnc(C)n2C)NCC2(c3ccccc3)CCCC2)cc1. The number of benzene rings is 2. The number of nitrogens with zero attached hydrogens (tertiary/aromatic N) is 4. The number of ether oxygens (including phenoxy) is 1. The number of aliphatic imine (C=N–C) groups is 1. The maximum absolute atomic E-state index is 5.27. The summed E-state index contributed by atoms with van der Waals surface area (Å²) < 4.78 is 7.27. The Hall–Kier alpha value is -3.35. The van der Waals surface area contributed by atoms with Gasteiger partial charge in [-0.05, 0) is 43.0 Å². The van der Waals surface area contributed by atoms with Crippen molar-refractivity contribution in [2.45, 2.75) is 51.1 Å². The van der Waals surface area contributed by atoms with E-state index in [1.807, 2.05) is 30.7 Å². The Morgan fingerprint density at radius 2 is 1.76 bits per heavy atom. The van der Waals surface area contributed by atoms with Gasteiger partial charge in [-0.2, -0.15) is 0 Å². The molecule has 0 aliphatic heterocycles. The van der Waals surface area contributed by atoms with Gasteiger partial charge in [-0.1, -0.05) is 55.3 Å². The molecule has 1 saturated carbocycles. The second-order valence-electron chi connectivity index (χ2n) is 8.80. The van der Waals surface area contributed by atoms with E-state index in [0.717, 1.165) is 35.5 Å². The van der Waals surface area contributed by atoms with Gasteiger partial charge >= 0.3 is 0 Å². The summed E-state index contributed by atoms with van der Waals surface area (Å²) in [5, 5.41) is 15.6. The van der Waals surface area contributed by atoms with E-state index >= 15 is 0 Å². The minimum Gasteiger partial charge on any atom is -0.497 e. The summed E-state index contributed by atoms with van der Waals surface area (Å²) in [7, 11) is 3.66. The molecule has 3 aromatic rings. The van der Waals surface area contributed by atoms with Crippen molar-refractivity contribution in [2.24, 2.45) is 12.0 Å². The molecule has 174 valence electrons. The maximum Gasteiger partial charge on any atom is 0.192 e. The fourth-order valence-electron chi connectivity index (χ4n) is 4.51. The van der Waals surface area contributed by atoms with Crippen molar-refractivity contribution in [3.63, 3.8) is 0 Å². The lowest BCUT2D eigenvalue weighted by molar-refractivity contribution is 0.414. The topological polar surface area (TPSA) is 76.4 Å². The Kier molecular flexibility index (Phi) is 7.27. The molecule has 2 aromatic carbocycles. The maximum atomic E-state index is 5.27. The van der Waals surface area contributed by atoms with Crippen LogP contribution in [0.5, 0.6) is 5.75 Å². The molecule has 0 bridgehead atoms. The number of aryl methyl sites for hydroxylation is 1. The first kappa shape index (κ1) is 22.8. The smallest absolute Gasteiger partial charge is 0.192 e. The molecule has 0 amide bonds. The van der Waals surface area contributed by atoms with E-state index in [4.69, 9.17) is 9.73 Å². The van der Waals surface area contributed by atoms with E-state index in [9.17, 15) is 0 Å². The number of nitrogens with one attached hydrogen (secondary N) is 2. The standard InChI is InChI=1S/C26H34N6O/c1-20-30-31-24(32(20)2)18-28-25(27-17-21-11-13-23(33-3)14-12-21)29-19-26(15-7-8-16-26)22-9-5-4-6-10-22/h4-6,9-14H,7-8,15-19H2,1-3H3,(H2,27,28,29). The van der Waals surface area contributed by atoms with Crippen LogP contribution in [-0.4, -0.2) is 34.4 Å². The van der Waals surface area contributed by atoms with Crippen LogP contribution in [-0.2, 0) is 25.6 Å². The van der Waals surface area contributed by atoms with Crippen LogP contribution in [0.15, 0.2) is 59.6 Å². The van der Waals surface area contributed by atoms with Gasteiger partial charge in [-0.25, -0.2) is 4.99 Å². The van der Waals surface area contributed by atoms with Gasteiger partial charge in [0.15, 0.2) is 11.8 Å². The average molecular weight is 447 g/mol. The molecular formula is C26H34N6O. The Morgan fingerprint density at radius 3 is 2.39 bits per heavy atom. The van der Waals surface area contributed by atoms with E-state index in [2.05, 4.69) is 63.3 Å². The highest BCUT2D eigenvalue weighted by molar-refractivity contribution is 5.79. The number of hydrogen-bond acceptors (Lipinski definition) is 4. The van der Waals surface area contributed by atoms with Crippen LogP contribution in [0, 0.1) is 6.92 Å².